The molecule has 0 saturated carbocycles. The molecule has 2 aromatic rings. The minimum absolute atomic E-state index is 0.0222. The molecule has 0 atom stereocenters. The number of halogens is 4. The largest absolute Gasteiger partial charge is 0.417 e. The molecule has 0 radical (unpaired) electrons. The van der Waals surface area contributed by atoms with Gasteiger partial charge in [-0.25, -0.2) is 4.98 Å². The predicted molar refractivity (Wildman–Crippen MR) is 102 cm³/mol. The molecule has 1 aromatic heterocycles. The fourth-order valence-electron chi connectivity index (χ4n) is 3.24. The lowest BCUT2D eigenvalue weighted by Crippen LogP contribution is -2.45. The quantitative estimate of drug-likeness (QED) is 0.789. The molecule has 1 fully saturated rings. The molecule has 2 heterocycles. The van der Waals surface area contributed by atoms with Crippen LogP contribution < -0.4 is 10.2 Å². The number of alkyl halides is 3. The first kappa shape index (κ1) is 20.5. The van der Waals surface area contributed by atoms with Crippen molar-refractivity contribution in [3.63, 3.8) is 0 Å². The second-order valence-electron chi connectivity index (χ2n) is 6.82. The Bertz CT molecular complexity index is 803. The van der Waals surface area contributed by atoms with Crippen molar-refractivity contribution in [2.75, 3.05) is 18.0 Å². The number of nitrogens with zero attached hydrogens (tertiary/aromatic N) is 2. The van der Waals surface area contributed by atoms with Crippen LogP contribution in [0.3, 0.4) is 0 Å². The van der Waals surface area contributed by atoms with E-state index in [0.29, 0.717) is 36.8 Å². The zero-order valence-electron chi connectivity index (χ0n) is 15.2. The highest BCUT2D eigenvalue weighted by molar-refractivity contribution is 6.31. The molecule has 150 valence electrons. The van der Waals surface area contributed by atoms with Gasteiger partial charge in [-0.3, -0.25) is 4.79 Å². The Morgan fingerprint density at radius 3 is 2.50 bits per heavy atom. The van der Waals surface area contributed by atoms with E-state index in [2.05, 4.69) is 10.3 Å². The Balaban J connectivity index is 1.45. The number of rotatable bonds is 5. The third kappa shape index (κ3) is 5.38. The standard InChI is InChI=1S/C20H21ClF3N3O/c21-17-4-2-1-3-14(17)5-8-19(28)26-16-9-11-27(12-10-16)18-7-6-15(13-25-18)20(22,23)24/h1-4,6-7,13,16H,5,8-12H2,(H,26,28). The minimum Gasteiger partial charge on any atom is -0.356 e. The lowest BCUT2D eigenvalue weighted by atomic mass is 10.0. The van der Waals surface area contributed by atoms with E-state index in [1.807, 2.05) is 23.1 Å². The lowest BCUT2D eigenvalue weighted by molar-refractivity contribution is -0.137. The van der Waals surface area contributed by atoms with Crippen LogP contribution in [0.1, 0.15) is 30.4 Å². The van der Waals surface area contributed by atoms with Gasteiger partial charge in [-0.05, 0) is 43.0 Å². The number of amides is 1. The van der Waals surface area contributed by atoms with Gasteiger partial charge in [0.1, 0.15) is 5.82 Å². The fraction of sp³-hybridized carbons (Fsp3) is 0.400. The van der Waals surface area contributed by atoms with Gasteiger partial charge in [0.25, 0.3) is 0 Å². The maximum Gasteiger partial charge on any atom is 0.417 e. The van der Waals surface area contributed by atoms with Crippen LogP contribution in [0, 0.1) is 0 Å². The van der Waals surface area contributed by atoms with Crippen molar-refractivity contribution in [2.45, 2.75) is 37.9 Å². The average molecular weight is 412 g/mol. The van der Waals surface area contributed by atoms with Crippen LogP contribution in [-0.2, 0) is 17.4 Å². The van der Waals surface area contributed by atoms with Crippen molar-refractivity contribution in [2.24, 2.45) is 0 Å². The van der Waals surface area contributed by atoms with E-state index < -0.39 is 11.7 Å². The molecule has 28 heavy (non-hydrogen) atoms. The Morgan fingerprint density at radius 2 is 1.89 bits per heavy atom. The number of aryl methyl sites for hydroxylation is 1. The Kier molecular flexibility index (Phi) is 6.44. The highest BCUT2D eigenvalue weighted by atomic mass is 35.5. The van der Waals surface area contributed by atoms with Crippen molar-refractivity contribution in [3.05, 3.63) is 58.7 Å². The van der Waals surface area contributed by atoms with Crippen LogP contribution in [0.15, 0.2) is 42.6 Å². The molecule has 4 nitrogen and oxygen atoms in total. The van der Waals surface area contributed by atoms with Crippen LogP contribution in [0.2, 0.25) is 5.02 Å². The van der Waals surface area contributed by atoms with E-state index in [0.717, 1.165) is 30.7 Å². The third-order valence-corrected chi connectivity index (χ3v) is 5.21. The Hall–Kier alpha value is -2.28. The average Bonchev–Trinajstić information content (AvgIpc) is 2.67. The summed E-state index contributed by atoms with van der Waals surface area (Å²) in [6.45, 7) is 1.27. The maximum absolute atomic E-state index is 12.6. The van der Waals surface area contributed by atoms with E-state index in [1.54, 1.807) is 6.07 Å². The number of carbonyl (C=O) groups excluding carboxylic acids is 1. The van der Waals surface area contributed by atoms with E-state index in [9.17, 15) is 18.0 Å². The second-order valence-corrected chi connectivity index (χ2v) is 7.23. The first-order valence-corrected chi connectivity index (χ1v) is 9.51. The molecule has 0 spiro atoms. The number of anilines is 1. The Labute approximate surface area is 166 Å². The molecular weight excluding hydrogens is 391 g/mol. The predicted octanol–water partition coefficient (Wildman–Crippen LogP) is 4.47. The number of aromatic nitrogens is 1. The van der Waals surface area contributed by atoms with Gasteiger partial charge >= 0.3 is 6.18 Å². The minimum atomic E-state index is -4.38. The van der Waals surface area contributed by atoms with Crippen molar-refractivity contribution in [1.29, 1.82) is 0 Å². The van der Waals surface area contributed by atoms with E-state index in [4.69, 9.17) is 11.6 Å². The molecule has 0 unspecified atom stereocenters. The Morgan fingerprint density at radius 1 is 1.18 bits per heavy atom. The van der Waals surface area contributed by atoms with Crippen molar-refractivity contribution < 1.29 is 18.0 Å². The fourth-order valence-corrected chi connectivity index (χ4v) is 3.47. The highest BCUT2D eigenvalue weighted by Gasteiger charge is 2.31. The zero-order valence-corrected chi connectivity index (χ0v) is 15.9. The summed E-state index contributed by atoms with van der Waals surface area (Å²) < 4.78 is 37.9. The van der Waals surface area contributed by atoms with Gasteiger partial charge in [0.15, 0.2) is 0 Å². The first-order chi connectivity index (χ1) is 13.3. The van der Waals surface area contributed by atoms with Crippen LogP contribution in [0.5, 0.6) is 0 Å². The van der Waals surface area contributed by atoms with Crippen LogP contribution in [-0.4, -0.2) is 30.0 Å². The maximum atomic E-state index is 12.6. The molecule has 0 aliphatic carbocycles. The topological polar surface area (TPSA) is 45.2 Å². The van der Waals surface area contributed by atoms with Crippen LogP contribution in [0.4, 0.5) is 19.0 Å². The molecule has 1 N–H and O–H groups in total. The van der Waals surface area contributed by atoms with E-state index >= 15 is 0 Å². The number of carbonyl (C=O) groups is 1. The molecular formula is C20H21ClF3N3O. The van der Waals surface area contributed by atoms with Crippen LogP contribution in [0.25, 0.3) is 0 Å². The number of benzene rings is 1. The summed E-state index contributed by atoms with van der Waals surface area (Å²) in [7, 11) is 0. The van der Waals surface area contributed by atoms with Crippen molar-refractivity contribution in [3.8, 4) is 0 Å². The zero-order chi connectivity index (χ0) is 20.1. The summed E-state index contributed by atoms with van der Waals surface area (Å²) in [4.78, 5) is 18.1. The summed E-state index contributed by atoms with van der Waals surface area (Å²) >= 11 is 6.10. The summed E-state index contributed by atoms with van der Waals surface area (Å²) in [6.07, 6.45) is -1.13. The monoisotopic (exact) mass is 411 g/mol. The molecule has 3 rings (SSSR count). The highest BCUT2D eigenvalue weighted by Crippen LogP contribution is 2.29. The molecule has 1 aliphatic heterocycles. The molecule has 1 saturated heterocycles. The molecule has 1 amide bonds. The van der Waals surface area contributed by atoms with Gasteiger partial charge in [0, 0.05) is 36.8 Å². The van der Waals surface area contributed by atoms with Crippen molar-refractivity contribution in [1.82, 2.24) is 10.3 Å². The summed E-state index contributed by atoms with van der Waals surface area (Å²) in [6, 6.07) is 9.96. The SMILES string of the molecule is O=C(CCc1ccccc1Cl)NC1CCN(c2ccc(C(F)(F)F)cn2)CC1. The van der Waals surface area contributed by atoms with E-state index in [1.165, 1.54) is 6.07 Å². The summed E-state index contributed by atoms with van der Waals surface area (Å²) in [5.41, 5.74) is 0.194. The van der Waals surface area contributed by atoms with Crippen molar-refractivity contribution >= 4 is 23.3 Å². The number of piperidine rings is 1. The smallest absolute Gasteiger partial charge is 0.356 e. The molecule has 1 aromatic carbocycles. The number of nitrogens with one attached hydrogen (secondary N) is 1. The first-order valence-electron chi connectivity index (χ1n) is 9.14. The van der Waals surface area contributed by atoms with Gasteiger partial charge < -0.3 is 10.2 Å². The second kappa shape index (κ2) is 8.82. The molecule has 1 aliphatic rings. The molecule has 0 bridgehead atoms. The van der Waals surface area contributed by atoms with E-state index in [-0.39, 0.29) is 11.9 Å². The van der Waals surface area contributed by atoms with Gasteiger partial charge in [-0.15, -0.1) is 0 Å². The third-order valence-electron chi connectivity index (χ3n) is 4.84. The lowest BCUT2D eigenvalue weighted by Gasteiger charge is -2.33. The normalized spacial score (nSPS) is 15.5. The summed E-state index contributed by atoms with van der Waals surface area (Å²) in [5, 5.41) is 3.69. The van der Waals surface area contributed by atoms with Gasteiger partial charge in [-0.1, -0.05) is 29.8 Å². The van der Waals surface area contributed by atoms with Gasteiger partial charge in [0.2, 0.25) is 5.91 Å². The van der Waals surface area contributed by atoms with Gasteiger partial charge in [-0.2, -0.15) is 13.2 Å². The van der Waals surface area contributed by atoms with Crippen LogP contribution >= 0.6 is 11.6 Å². The number of hydrogen-bond acceptors (Lipinski definition) is 3. The summed E-state index contributed by atoms with van der Waals surface area (Å²) in [5.74, 6) is 0.502. The molecule has 8 heteroatoms. The number of hydrogen-bond donors (Lipinski definition) is 1. The number of pyridine rings is 1. The van der Waals surface area contributed by atoms with Gasteiger partial charge in [0.05, 0.1) is 5.56 Å².